The minimum atomic E-state index is 0.689. The van der Waals surface area contributed by atoms with Gasteiger partial charge in [-0.2, -0.15) is 0 Å². The topological polar surface area (TPSA) is 24.5 Å². The number of hydrogen-bond donors (Lipinski definition) is 1. The number of ether oxygens (including phenoxy) is 1. The zero-order valence-corrected chi connectivity index (χ0v) is 12.6. The number of nitrogens with one attached hydrogen (secondary N) is 1. The van der Waals surface area contributed by atoms with Crippen LogP contribution in [0, 0.1) is 5.92 Å². The molecule has 1 saturated heterocycles. The van der Waals surface area contributed by atoms with Gasteiger partial charge < -0.3 is 15.0 Å². The summed E-state index contributed by atoms with van der Waals surface area (Å²) in [6.45, 7) is 10.4. The highest BCUT2D eigenvalue weighted by molar-refractivity contribution is 4.77. The van der Waals surface area contributed by atoms with Gasteiger partial charge >= 0.3 is 0 Å². The molecule has 0 aromatic heterocycles. The molecule has 0 aliphatic carbocycles. The second-order valence-electron chi connectivity index (χ2n) is 5.64. The molecule has 0 radical (unpaired) electrons. The fourth-order valence-electron chi connectivity index (χ4n) is 2.84. The van der Waals surface area contributed by atoms with Gasteiger partial charge in [0.2, 0.25) is 0 Å². The van der Waals surface area contributed by atoms with Crippen LogP contribution in [0.2, 0.25) is 0 Å². The molecule has 1 N–H and O–H groups in total. The van der Waals surface area contributed by atoms with Gasteiger partial charge in [0.05, 0.1) is 0 Å². The van der Waals surface area contributed by atoms with Crippen molar-refractivity contribution in [2.45, 2.75) is 52.0 Å². The van der Waals surface area contributed by atoms with Crippen LogP contribution in [0.3, 0.4) is 0 Å². The fourth-order valence-corrected chi connectivity index (χ4v) is 2.84. The lowest BCUT2D eigenvalue weighted by Crippen LogP contribution is -2.44. The summed E-state index contributed by atoms with van der Waals surface area (Å²) < 4.78 is 5.26. The van der Waals surface area contributed by atoms with E-state index in [4.69, 9.17) is 4.74 Å². The molecule has 18 heavy (non-hydrogen) atoms. The van der Waals surface area contributed by atoms with Crippen LogP contribution in [0.25, 0.3) is 0 Å². The van der Waals surface area contributed by atoms with Gasteiger partial charge in [0.15, 0.2) is 0 Å². The SMILES string of the molecule is CCCNC(CCC)CN1CCC(COC)CC1. The van der Waals surface area contributed by atoms with Crippen molar-refractivity contribution < 1.29 is 4.74 Å². The Morgan fingerprint density at radius 3 is 2.50 bits per heavy atom. The summed E-state index contributed by atoms with van der Waals surface area (Å²) >= 11 is 0. The number of nitrogens with zero attached hydrogens (tertiary/aromatic N) is 1. The van der Waals surface area contributed by atoms with Crippen LogP contribution in [0.5, 0.6) is 0 Å². The van der Waals surface area contributed by atoms with Crippen molar-refractivity contribution in [3.05, 3.63) is 0 Å². The summed E-state index contributed by atoms with van der Waals surface area (Å²) in [6, 6.07) is 0.689. The first kappa shape index (κ1) is 15.9. The number of likely N-dealkylation sites (tertiary alicyclic amines) is 1. The minimum Gasteiger partial charge on any atom is -0.384 e. The van der Waals surface area contributed by atoms with Crippen LogP contribution in [0.15, 0.2) is 0 Å². The highest BCUT2D eigenvalue weighted by Crippen LogP contribution is 2.17. The first-order valence-electron chi connectivity index (χ1n) is 7.74. The fraction of sp³-hybridized carbons (Fsp3) is 1.00. The van der Waals surface area contributed by atoms with Crippen LogP contribution in [0.4, 0.5) is 0 Å². The Balaban J connectivity index is 2.23. The van der Waals surface area contributed by atoms with E-state index in [-0.39, 0.29) is 0 Å². The third kappa shape index (κ3) is 6.17. The third-order valence-corrected chi connectivity index (χ3v) is 3.91. The first-order chi connectivity index (χ1) is 8.80. The van der Waals surface area contributed by atoms with E-state index in [1.165, 1.54) is 51.7 Å². The Kier molecular flexibility index (Phi) is 8.64. The van der Waals surface area contributed by atoms with Crippen molar-refractivity contribution in [2.75, 3.05) is 39.9 Å². The predicted molar refractivity (Wildman–Crippen MR) is 78.0 cm³/mol. The maximum absolute atomic E-state index is 5.26. The average Bonchev–Trinajstić information content (AvgIpc) is 2.39. The molecule has 1 fully saturated rings. The first-order valence-corrected chi connectivity index (χ1v) is 7.74. The summed E-state index contributed by atoms with van der Waals surface area (Å²) in [6.07, 6.45) is 6.43. The molecule has 1 unspecified atom stereocenters. The highest BCUT2D eigenvalue weighted by atomic mass is 16.5. The maximum atomic E-state index is 5.26. The molecule has 108 valence electrons. The van der Waals surface area contributed by atoms with Gasteiger partial charge in [-0.1, -0.05) is 20.3 Å². The lowest BCUT2D eigenvalue weighted by molar-refractivity contribution is 0.0946. The van der Waals surface area contributed by atoms with Crippen molar-refractivity contribution in [3.63, 3.8) is 0 Å². The summed E-state index contributed by atoms with van der Waals surface area (Å²) in [5, 5.41) is 3.69. The van der Waals surface area contributed by atoms with Crippen molar-refractivity contribution in [2.24, 2.45) is 5.92 Å². The van der Waals surface area contributed by atoms with Gasteiger partial charge in [0, 0.05) is 26.3 Å². The molecule has 0 aromatic rings. The molecule has 1 rings (SSSR count). The Bertz CT molecular complexity index is 191. The van der Waals surface area contributed by atoms with Crippen LogP contribution in [-0.4, -0.2) is 50.8 Å². The molecule has 3 heteroatoms. The quantitative estimate of drug-likeness (QED) is 0.686. The van der Waals surface area contributed by atoms with Crippen molar-refractivity contribution in [1.29, 1.82) is 0 Å². The largest absolute Gasteiger partial charge is 0.384 e. The van der Waals surface area contributed by atoms with E-state index in [1.54, 1.807) is 0 Å². The van der Waals surface area contributed by atoms with E-state index in [9.17, 15) is 0 Å². The molecule has 0 amide bonds. The molecular formula is C15H32N2O. The van der Waals surface area contributed by atoms with E-state index in [2.05, 4.69) is 24.1 Å². The van der Waals surface area contributed by atoms with E-state index in [1.807, 2.05) is 7.11 Å². The number of methoxy groups -OCH3 is 1. The zero-order valence-electron chi connectivity index (χ0n) is 12.6. The van der Waals surface area contributed by atoms with Crippen molar-refractivity contribution in [3.8, 4) is 0 Å². The molecular weight excluding hydrogens is 224 g/mol. The monoisotopic (exact) mass is 256 g/mol. The van der Waals surface area contributed by atoms with E-state index < -0.39 is 0 Å². The van der Waals surface area contributed by atoms with Crippen LogP contribution in [0.1, 0.15) is 46.0 Å². The van der Waals surface area contributed by atoms with Crippen molar-refractivity contribution >= 4 is 0 Å². The second-order valence-corrected chi connectivity index (χ2v) is 5.64. The van der Waals surface area contributed by atoms with Crippen molar-refractivity contribution in [1.82, 2.24) is 10.2 Å². The predicted octanol–water partition coefficient (Wildman–Crippen LogP) is 2.51. The molecule has 0 aromatic carbocycles. The molecule has 1 atom stereocenters. The number of rotatable bonds is 9. The molecule has 1 aliphatic heterocycles. The maximum Gasteiger partial charge on any atom is 0.0491 e. The average molecular weight is 256 g/mol. The van der Waals surface area contributed by atoms with E-state index >= 15 is 0 Å². The van der Waals surface area contributed by atoms with Crippen LogP contribution >= 0.6 is 0 Å². The van der Waals surface area contributed by atoms with Crippen LogP contribution in [-0.2, 0) is 4.74 Å². The summed E-state index contributed by atoms with van der Waals surface area (Å²) in [4.78, 5) is 2.63. The molecule has 0 spiro atoms. The van der Waals surface area contributed by atoms with Gasteiger partial charge in [-0.15, -0.1) is 0 Å². The lowest BCUT2D eigenvalue weighted by atomic mass is 9.97. The lowest BCUT2D eigenvalue weighted by Gasteiger charge is -2.34. The summed E-state index contributed by atoms with van der Waals surface area (Å²) in [7, 11) is 1.82. The standard InChI is InChI=1S/C15H32N2O/c1-4-6-15(16-9-5-2)12-17-10-7-14(8-11-17)13-18-3/h14-16H,4-13H2,1-3H3. The second kappa shape index (κ2) is 9.76. The minimum absolute atomic E-state index is 0.689. The third-order valence-electron chi connectivity index (χ3n) is 3.91. The van der Waals surface area contributed by atoms with Gasteiger partial charge in [-0.05, 0) is 51.2 Å². The van der Waals surface area contributed by atoms with Gasteiger partial charge in [-0.3, -0.25) is 0 Å². The highest BCUT2D eigenvalue weighted by Gasteiger charge is 2.21. The molecule has 1 aliphatic rings. The Morgan fingerprint density at radius 1 is 1.22 bits per heavy atom. The molecule has 0 saturated carbocycles. The Hall–Kier alpha value is -0.120. The van der Waals surface area contributed by atoms with Gasteiger partial charge in [-0.25, -0.2) is 0 Å². The number of piperidine rings is 1. The summed E-state index contributed by atoms with van der Waals surface area (Å²) in [5.74, 6) is 0.791. The smallest absolute Gasteiger partial charge is 0.0491 e. The molecule has 1 heterocycles. The molecule has 3 nitrogen and oxygen atoms in total. The Labute approximate surface area is 113 Å². The zero-order chi connectivity index (χ0) is 13.2. The van der Waals surface area contributed by atoms with E-state index in [0.717, 1.165) is 19.1 Å². The normalized spacial score (nSPS) is 20.2. The Morgan fingerprint density at radius 2 is 1.94 bits per heavy atom. The van der Waals surface area contributed by atoms with Gasteiger partial charge in [0.25, 0.3) is 0 Å². The van der Waals surface area contributed by atoms with E-state index in [0.29, 0.717) is 6.04 Å². The van der Waals surface area contributed by atoms with Crippen LogP contribution < -0.4 is 5.32 Å². The van der Waals surface area contributed by atoms with Gasteiger partial charge in [0.1, 0.15) is 0 Å². The summed E-state index contributed by atoms with van der Waals surface area (Å²) in [5.41, 5.74) is 0. The number of hydrogen-bond acceptors (Lipinski definition) is 3. The molecule has 0 bridgehead atoms.